The van der Waals surface area contributed by atoms with E-state index in [9.17, 15) is 9.59 Å². The minimum absolute atomic E-state index is 0.239. The molecule has 2 amide bonds. The van der Waals surface area contributed by atoms with E-state index in [1.54, 1.807) is 25.1 Å². The Bertz CT molecular complexity index is 666. The van der Waals surface area contributed by atoms with E-state index in [-0.39, 0.29) is 11.4 Å². The van der Waals surface area contributed by atoms with Gasteiger partial charge in [-0.3, -0.25) is 14.5 Å². The van der Waals surface area contributed by atoms with Crippen LogP contribution in [0.15, 0.2) is 18.2 Å². The van der Waals surface area contributed by atoms with Gasteiger partial charge >= 0.3 is 0 Å². The quantitative estimate of drug-likeness (QED) is 0.584. The molecule has 1 atom stereocenters. The van der Waals surface area contributed by atoms with Crippen LogP contribution in [0.5, 0.6) is 0 Å². The Balaban J connectivity index is 2.06. The number of benzene rings is 1. The van der Waals surface area contributed by atoms with E-state index in [4.69, 9.17) is 5.73 Å². The maximum absolute atomic E-state index is 12.3. The van der Waals surface area contributed by atoms with Gasteiger partial charge in [-0.2, -0.15) is 5.21 Å². The fourth-order valence-electron chi connectivity index (χ4n) is 2.14. The molecule has 8 nitrogen and oxygen atoms in total. The Morgan fingerprint density at radius 3 is 2.74 bits per heavy atom. The van der Waals surface area contributed by atoms with Crippen molar-refractivity contribution in [1.82, 2.24) is 25.5 Å². The third-order valence-electron chi connectivity index (χ3n) is 3.10. The Labute approximate surface area is 107 Å². The van der Waals surface area contributed by atoms with Crippen molar-refractivity contribution in [3.8, 4) is 0 Å². The van der Waals surface area contributed by atoms with Gasteiger partial charge < -0.3 is 5.73 Å². The molecule has 0 fully saturated rings. The molecule has 19 heavy (non-hydrogen) atoms. The number of aromatic amines is 1. The van der Waals surface area contributed by atoms with Gasteiger partial charge in [-0.1, -0.05) is 11.3 Å². The topological polar surface area (TPSA) is 118 Å². The van der Waals surface area contributed by atoms with E-state index < -0.39 is 17.9 Å². The van der Waals surface area contributed by atoms with Gasteiger partial charge in [0, 0.05) is 5.69 Å². The van der Waals surface area contributed by atoms with Gasteiger partial charge in [0.2, 0.25) is 0 Å². The molecule has 1 aliphatic heterocycles. The summed E-state index contributed by atoms with van der Waals surface area (Å²) in [6.07, 6.45) is 0. The molecular formula is C11H10N6O2. The monoisotopic (exact) mass is 258 g/mol. The largest absolute Gasteiger partial charge is 0.398 e. The van der Waals surface area contributed by atoms with Gasteiger partial charge in [0.1, 0.15) is 6.04 Å². The highest BCUT2D eigenvalue weighted by Gasteiger charge is 2.41. The summed E-state index contributed by atoms with van der Waals surface area (Å²) in [5.41, 5.74) is 6.59. The Morgan fingerprint density at radius 2 is 2.11 bits per heavy atom. The van der Waals surface area contributed by atoms with E-state index in [1.165, 1.54) is 0 Å². The number of carbonyl (C=O) groups excluding carboxylic acids is 2. The summed E-state index contributed by atoms with van der Waals surface area (Å²) in [6, 6.07) is 4.20. The first kappa shape index (κ1) is 11.3. The molecule has 0 bridgehead atoms. The van der Waals surface area contributed by atoms with Crippen LogP contribution in [0, 0.1) is 0 Å². The number of nitrogens with one attached hydrogen (secondary N) is 1. The molecule has 1 unspecified atom stereocenters. The number of nitrogen functional groups attached to an aromatic ring is 1. The molecule has 8 heteroatoms. The minimum atomic E-state index is -0.606. The van der Waals surface area contributed by atoms with Crippen LogP contribution in [0.1, 0.15) is 39.5 Å². The second kappa shape index (κ2) is 3.87. The highest BCUT2D eigenvalue weighted by Crippen LogP contribution is 2.32. The number of aromatic nitrogens is 4. The van der Waals surface area contributed by atoms with Crippen LogP contribution in [0.3, 0.4) is 0 Å². The summed E-state index contributed by atoms with van der Waals surface area (Å²) in [4.78, 5) is 25.7. The average molecular weight is 258 g/mol. The van der Waals surface area contributed by atoms with E-state index in [1.807, 2.05) is 0 Å². The molecule has 0 spiro atoms. The van der Waals surface area contributed by atoms with Crippen molar-refractivity contribution in [1.29, 1.82) is 0 Å². The van der Waals surface area contributed by atoms with Crippen molar-refractivity contribution >= 4 is 17.5 Å². The number of H-pyrrole nitrogens is 1. The lowest BCUT2D eigenvalue weighted by Crippen LogP contribution is -2.33. The third-order valence-corrected chi connectivity index (χ3v) is 3.10. The molecule has 0 aliphatic carbocycles. The molecule has 1 aromatic carbocycles. The van der Waals surface area contributed by atoms with Gasteiger partial charge in [-0.15, -0.1) is 10.2 Å². The number of tetrazole rings is 1. The van der Waals surface area contributed by atoms with Crippen molar-refractivity contribution in [2.24, 2.45) is 0 Å². The summed E-state index contributed by atoms with van der Waals surface area (Å²) in [7, 11) is 0. The first-order valence-electron chi connectivity index (χ1n) is 5.61. The SMILES string of the molecule is CC(c1nn[nH]n1)N1C(=O)c2cccc(N)c2C1=O. The summed E-state index contributed by atoms with van der Waals surface area (Å²) >= 11 is 0. The number of hydrogen-bond acceptors (Lipinski definition) is 6. The number of imide groups is 1. The second-order valence-corrected chi connectivity index (χ2v) is 4.20. The standard InChI is InChI=1S/C11H10N6O2/c1-5(9-13-15-16-14-9)17-10(18)6-3-2-4-7(12)8(6)11(17)19/h2-5H,12H2,1H3,(H,13,14,15,16). The lowest BCUT2D eigenvalue weighted by atomic mass is 10.1. The van der Waals surface area contributed by atoms with Crippen molar-refractivity contribution in [3.05, 3.63) is 35.2 Å². The number of nitrogens with two attached hydrogens (primary N) is 1. The zero-order valence-corrected chi connectivity index (χ0v) is 9.99. The highest BCUT2D eigenvalue weighted by atomic mass is 16.2. The third kappa shape index (κ3) is 1.49. The average Bonchev–Trinajstić information content (AvgIpc) is 2.98. The maximum atomic E-state index is 12.3. The Morgan fingerprint density at radius 1 is 1.32 bits per heavy atom. The van der Waals surface area contributed by atoms with Crippen molar-refractivity contribution < 1.29 is 9.59 Å². The van der Waals surface area contributed by atoms with Crippen LogP contribution in [0.4, 0.5) is 5.69 Å². The first-order valence-corrected chi connectivity index (χ1v) is 5.61. The lowest BCUT2D eigenvalue weighted by Gasteiger charge is -2.19. The maximum Gasteiger partial charge on any atom is 0.264 e. The molecular weight excluding hydrogens is 248 g/mol. The van der Waals surface area contributed by atoms with Gasteiger partial charge in [-0.05, 0) is 19.1 Å². The summed E-state index contributed by atoms with van der Waals surface area (Å²) < 4.78 is 0. The van der Waals surface area contributed by atoms with E-state index in [0.717, 1.165) is 4.90 Å². The van der Waals surface area contributed by atoms with Crippen LogP contribution in [0.25, 0.3) is 0 Å². The molecule has 1 aromatic heterocycles. The fourth-order valence-corrected chi connectivity index (χ4v) is 2.14. The summed E-state index contributed by atoms with van der Waals surface area (Å²) in [6.45, 7) is 1.66. The van der Waals surface area contributed by atoms with Crippen molar-refractivity contribution in [2.45, 2.75) is 13.0 Å². The molecule has 2 aromatic rings. The smallest absolute Gasteiger partial charge is 0.264 e. The number of carbonyl (C=O) groups is 2. The minimum Gasteiger partial charge on any atom is -0.398 e. The van der Waals surface area contributed by atoms with Crippen molar-refractivity contribution in [2.75, 3.05) is 5.73 Å². The van der Waals surface area contributed by atoms with Gasteiger partial charge in [-0.25, -0.2) is 0 Å². The number of rotatable bonds is 2. The predicted octanol–water partition coefficient (Wildman–Crippen LogP) is 0.139. The zero-order valence-electron chi connectivity index (χ0n) is 9.99. The number of anilines is 1. The van der Waals surface area contributed by atoms with Gasteiger partial charge in [0.05, 0.1) is 11.1 Å². The first-order chi connectivity index (χ1) is 9.11. The molecule has 3 rings (SSSR count). The molecule has 0 saturated carbocycles. The molecule has 3 N–H and O–H groups in total. The second-order valence-electron chi connectivity index (χ2n) is 4.20. The summed E-state index contributed by atoms with van der Waals surface area (Å²) in [5.74, 6) is -0.562. The van der Waals surface area contributed by atoms with Crippen LogP contribution in [-0.2, 0) is 0 Å². The van der Waals surface area contributed by atoms with E-state index in [2.05, 4.69) is 20.6 Å². The Hall–Kier alpha value is -2.77. The molecule has 0 radical (unpaired) electrons. The Kier molecular flexibility index (Phi) is 2.31. The number of fused-ring (bicyclic) bond motifs is 1. The predicted molar refractivity (Wildman–Crippen MR) is 63.9 cm³/mol. The normalized spacial score (nSPS) is 15.7. The lowest BCUT2D eigenvalue weighted by molar-refractivity contribution is 0.0589. The van der Waals surface area contributed by atoms with Crippen LogP contribution < -0.4 is 5.73 Å². The molecule has 0 saturated heterocycles. The summed E-state index contributed by atoms with van der Waals surface area (Å²) in [5, 5.41) is 13.3. The zero-order chi connectivity index (χ0) is 13.6. The van der Waals surface area contributed by atoms with E-state index >= 15 is 0 Å². The van der Waals surface area contributed by atoms with Crippen molar-refractivity contribution in [3.63, 3.8) is 0 Å². The van der Waals surface area contributed by atoms with Gasteiger partial charge in [0.15, 0.2) is 5.82 Å². The molecule has 96 valence electrons. The number of hydrogen-bond donors (Lipinski definition) is 2. The van der Waals surface area contributed by atoms with Crippen LogP contribution >= 0.6 is 0 Å². The van der Waals surface area contributed by atoms with E-state index in [0.29, 0.717) is 11.3 Å². The molecule has 2 heterocycles. The highest BCUT2D eigenvalue weighted by molar-refractivity contribution is 6.23. The van der Waals surface area contributed by atoms with Crippen LogP contribution in [-0.4, -0.2) is 37.3 Å². The fraction of sp³-hybridized carbons (Fsp3) is 0.182. The molecule has 1 aliphatic rings. The number of amides is 2. The van der Waals surface area contributed by atoms with Gasteiger partial charge in [0.25, 0.3) is 11.8 Å². The van der Waals surface area contributed by atoms with Crippen LogP contribution in [0.2, 0.25) is 0 Å². The number of nitrogens with zero attached hydrogens (tertiary/aromatic N) is 4.